The van der Waals surface area contributed by atoms with Crippen molar-refractivity contribution in [3.05, 3.63) is 12.2 Å². The minimum Gasteiger partial charge on any atom is -0.385 e. The molecule has 0 spiro atoms. The van der Waals surface area contributed by atoms with E-state index in [1.165, 1.54) is 96.3 Å². The van der Waals surface area contributed by atoms with Gasteiger partial charge < -0.3 is 4.74 Å². The van der Waals surface area contributed by atoms with Gasteiger partial charge >= 0.3 is 0 Å². The van der Waals surface area contributed by atoms with Crippen molar-refractivity contribution >= 4 is 0 Å². The van der Waals surface area contributed by atoms with Gasteiger partial charge in [0.05, 0.1) is 0 Å². The highest BCUT2D eigenvalue weighted by atomic mass is 16.5. The van der Waals surface area contributed by atoms with E-state index in [9.17, 15) is 0 Å². The first-order chi connectivity index (χ1) is 10.4. The molecule has 0 rings (SSSR count). The molecule has 0 radical (unpaired) electrons. The van der Waals surface area contributed by atoms with E-state index < -0.39 is 0 Å². The molecule has 0 N–H and O–H groups in total. The molecule has 126 valence electrons. The molecule has 0 atom stereocenters. The zero-order valence-corrected chi connectivity index (χ0v) is 14.9. The Morgan fingerprint density at radius 1 is 0.571 bits per heavy atom. The highest BCUT2D eigenvalue weighted by Gasteiger charge is 1.91. The van der Waals surface area contributed by atoms with Gasteiger partial charge in [0.1, 0.15) is 0 Å². The molecular formula is C20H40O. The molecule has 1 nitrogen and oxygen atoms in total. The van der Waals surface area contributed by atoms with E-state index in [0.29, 0.717) is 0 Å². The molecule has 0 aliphatic heterocycles. The predicted molar refractivity (Wildman–Crippen MR) is 95.9 cm³/mol. The molecule has 0 unspecified atom stereocenters. The molecule has 21 heavy (non-hydrogen) atoms. The van der Waals surface area contributed by atoms with Gasteiger partial charge in [0, 0.05) is 13.7 Å². The highest BCUT2D eigenvalue weighted by Crippen LogP contribution is 2.10. The molecule has 0 heterocycles. The van der Waals surface area contributed by atoms with Crippen LogP contribution in [-0.4, -0.2) is 13.7 Å². The first-order valence-electron chi connectivity index (χ1n) is 9.55. The van der Waals surface area contributed by atoms with E-state index in [-0.39, 0.29) is 0 Å². The summed E-state index contributed by atoms with van der Waals surface area (Å²) in [4.78, 5) is 0. The highest BCUT2D eigenvalue weighted by molar-refractivity contribution is 4.81. The summed E-state index contributed by atoms with van der Waals surface area (Å²) in [5.74, 6) is 0. The molecule has 1 heteroatoms. The molecule has 0 aliphatic rings. The maximum absolute atomic E-state index is 5.06. The lowest BCUT2D eigenvalue weighted by Crippen LogP contribution is -1.88. The van der Waals surface area contributed by atoms with Crippen LogP contribution in [0, 0.1) is 0 Å². The third-order valence-electron chi connectivity index (χ3n) is 4.11. The third-order valence-corrected chi connectivity index (χ3v) is 4.11. The van der Waals surface area contributed by atoms with Crippen LogP contribution >= 0.6 is 0 Å². The number of ether oxygens (including phenoxy) is 1. The number of rotatable bonds is 17. The number of hydrogen-bond acceptors (Lipinski definition) is 1. The molecule has 0 aromatic rings. The monoisotopic (exact) mass is 296 g/mol. The average Bonchev–Trinajstić information content (AvgIpc) is 2.50. The maximum atomic E-state index is 5.06. The van der Waals surface area contributed by atoms with Gasteiger partial charge in [-0.3, -0.25) is 0 Å². The molecular weight excluding hydrogens is 256 g/mol. The topological polar surface area (TPSA) is 9.23 Å². The van der Waals surface area contributed by atoms with Crippen LogP contribution in [0.4, 0.5) is 0 Å². The Morgan fingerprint density at radius 2 is 1.00 bits per heavy atom. The maximum Gasteiger partial charge on any atom is 0.0462 e. The summed E-state index contributed by atoms with van der Waals surface area (Å²) < 4.78 is 5.06. The number of unbranched alkanes of at least 4 members (excludes halogenated alkanes) is 13. The summed E-state index contributed by atoms with van der Waals surface area (Å²) in [6.07, 6.45) is 25.4. The van der Waals surface area contributed by atoms with Crippen molar-refractivity contribution in [2.24, 2.45) is 0 Å². The summed E-state index contributed by atoms with van der Waals surface area (Å²) in [5.41, 5.74) is 0. The minimum atomic E-state index is 0.934. The van der Waals surface area contributed by atoms with Gasteiger partial charge in [0.25, 0.3) is 0 Å². The Balaban J connectivity index is 3.02. The Kier molecular flexibility index (Phi) is 19.4. The zero-order valence-electron chi connectivity index (χ0n) is 14.9. The van der Waals surface area contributed by atoms with E-state index in [1.807, 2.05) is 0 Å². The van der Waals surface area contributed by atoms with Gasteiger partial charge in [-0.1, -0.05) is 83.3 Å². The van der Waals surface area contributed by atoms with Crippen molar-refractivity contribution in [2.75, 3.05) is 13.7 Å². The fourth-order valence-corrected chi connectivity index (χ4v) is 2.67. The van der Waals surface area contributed by atoms with Crippen LogP contribution in [0.5, 0.6) is 0 Å². The summed E-state index contributed by atoms with van der Waals surface area (Å²) in [5, 5.41) is 0. The Labute approximate surface area is 134 Å². The Bertz CT molecular complexity index is 198. The van der Waals surface area contributed by atoms with Crippen LogP contribution in [-0.2, 0) is 4.74 Å². The number of allylic oxidation sites excluding steroid dienone is 2. The van der Waals surface area contributed by atoms with E-state index >= 15 is 0 Å². The quantitative estimate of drug-likeness (QED) is 0.206. The van der Waals surface area contributed by atoms with E-state index in [0.717, 1.165) is 6.61 Å². The molecule has 0 amide bonds. The van der Waals surface area contributed by atoms with Crippen LogP contribution < -0.4 is 0 Å². The largest absolute Gasteiger partial charge is 0.385 e. The van der Waals surface area contributed by atoms with Gasteiger partial charge in [-0.25, -0.2) is 0 Å². The lowest BCUT2D eigenvalue weighted by Gasteiger charge is -2.01. The van der Waals surface area contributed by atoms with Crippen LogP contribution in [0.15, 0.2) is 12.2 Å². The van der Waals surface area contributed by atoms with Crippen LogP contribution in [0.25, 0.3) is 0 Å². The van der Waals surface area contributed by atoms with Crippen molar-refractivity contribution in [3.8, 4) is 0 Å². The summed E-state index contributed by atoms with van der Waals surface area (Å²) in [6, 6.07) is 0. The van der Waals surface area contributed by atoms with Gasteiger partial charge in [-0.15, -0.1) is 0 Å². The fraction of sp³-hybridized carbons (Fsp3) is 0.900. The van der Waals surface area contributed by atoms with E-state index in [1.54, 1.807) is 7.11 Å². The molecule has 0 fully saturated rings. The van der Waals surface area contributed by atoms with Crippen molar-refractivity contribution in [1.82, 2.24) is 0 Å². The first-order valence-corrected chi connectivity index (χ1v) is 9.55. The van der Waals surface area contributed by atoms with Crippen molar-refractivity contribution in [3.63, 3.8) is 0 Å². The predicted octanol–water partition coefficient (Wildman–Crippen LogP) is 7.06. The van der Waals surface area contributed by atoms with E-state index in [4.69, 9.17) is 4.74 Å². The molecule has 0 bridgehead atoms. The van der Waals surface area contributed by atoms with Crippen molar-refractivity contribution in [1.29, 1.82) is 0 Å². The molecule has 0 saturated carbocycles. The first kappa shape index (κ1) is 20.7. The second-order valence-corrected chi connectivity index (χ2v) is 6.28. The van der Waals surface area contributed by atoms with Gasteiger partial charge in [0.2, 0.25) is 0 Å². The van der Waals surface area contributed by atoms with Crippen molar-refractivity contribution < 1.29 is 4.74 Å². The Hall–Kier alpha value is -0.300. The van der Waals surface area contributed by atoms with Crippen LogP contribution in [0.3, 0.4) is 0 Å². The van der Waals surface area contributed by atoms with Gasteiger partial charge in [-0.05, 0) is 32.1 Å². The summed E-state index contributed by atoms with van der Waals surface area (Å²) in [7, 11) is 1.79. The van der Waals surface area contributed by atoms with E-state index in [2.05, 4.69) is 19.1 Å². The lowest BCUT2D eigenvalue weighted by atomic mass is 10.1. The van der Waals surface area contributed by atoms with Gasteiger partial charge in [0.15, 0.2) is 0 Å². The summed E-state index contributed by atoms with van der Waals surface area (Å²) >= 11 is 0. The fourth-order valence-electron chi connectivity index (χ4n) is 2.67. The molecule has 0 aromatic heterocycles. The van der Waals surface area contributed by atoms with Crippen molar-refractivity contribution in [2.45, 2.75) is 103 Å². The second-order valence-electron chi connectivity index (χ2n) is 6.28. The average molecular weight is 297 g/mol. The molecule has 0 aliphatic carbocycles. The smallest absolute Gasteiger partial charge is 0.0462 e. The number of hydrogen-bond donors (Lipinski definition) is 0. The molecule has 0 saturated heterocycles. The normalized spacial score (nSPS) is 11.5. The molecule has 0 aromatic carbocycles. The second kappa shape index (κ2) is 19.7. The standard InChI is InChI=1S/C20H40O/c1-3-4-5-6-7-8-9-10-11-12-13-14-15-16-17-18-19-20-21-2/h10-11H,3-9,12-20H2,1-2H3/b11-10-. The lowest BCUT2D eigenvalue weighted by molar-refractivity contribution is 0.192. The zero-order chi connectivity index (χ0) is 15.4. The third kappa shape index (κ3) is 19.7. The SMILES string of the molecule is CCCCCCCC/C=C\CCCCCCCCCOC. The van der Waals surface area contributed by atoms with Crippen LogP contribution in [0.2, 0.25) is 0 Å². The Morgan fingerprint density at radius 3 is 1.48 bits per heavy atom. The van der Waals surface area contributed by atoms with Gasteiger partial charge in [-0.2, -0.15) is 0 Å². The number of methoxy groups -OCH3 is 1. The minimum absolute atomic E-state index is 0.934. The summed E-state index contributed by atoms with van der Waals surface area (Å²) in [6.45, 7) is 3.22. The van der Waals surface area contributed by atoms with Crippen LogP contribution in [0.1, 0.15) is 103 Å².